The van der Waals surface area contributed by atoms with Crippen LogP contribution in [0.5, 0.6) is 11.5 Å². The van der Waals surface area contributed by atoms with Gasteiger partial charge in [0.2, 0.25) is 0 Å². The van der Waals surface area contributed by atoms with E-state index in [1.807, 2.05) is 39.8 Å². The molecule has 0 saturated carbocycles. The molecule has 0 aliphatic carbocycles. The molecule has 1 saturated heterocycles. The summed E-state index contributed by atoms with van der Waals surface area (Å²) in [5.74, 6) is -0.259. The van der Waals surface area contributed by atoms with E-state index >= 15 is 0 Å². The van der Waals surface area contributed by atoms with Gasteiger partial charge in [-0.25, -0.2) is 0 Å². The third kappa shape index (κ3) is 4.79. The molecule has 1 fully saturated rings. The number of hydrogen-bond donors (Lipinski definition) is 1. The van der Waals surface area contributed by atoms with Gasteiger partial charge in [-0.3, -0.25) is 19.8 Å². The van der Waals surface area contributed by atoms with Crippen LogP contribution in [0.1, 0.15) is 37.0 Å². The van der Waals surface area contributed by atoms with Crippen LogP contribution in [0.25, 0.3) is 6.08 Å². The Morgan fingerprint density at radius 2 is 1.91 bits per heavy atom. The Labute approximate surface area is 198 Å². The lowest BCUT2D eigenvalue weighted by Crippen LogP contribution is -2.54. The van der Waals surface area contributed by atoms with Gasteiger partial charge in [0.05, 0.1) is 23.9 Å². The molecule has 1 heterocycles. The van der Waals surface area contributed by atoms with E-state index in [-0.39, 0.29) is 16.8 Å². The normalized spacial score (nSPS) is 16.2. The van der Waals surface area contributed by atoms with Gasteiger partial charge in [0, 0.05) is 0 Å². The fourth-order valence-corrected chi connectivity index (χ4v) is 3.69. The van der Waals surface area contributed by atoms with Crippen LogP contribution >= 0.6 is 23.8 Å². The summed E-state index contributed by atoms with van der Waals surface area (Å²) in [6, 6.07) is 8.85. The fourth-order valence-electron chi connectivity index (χ4n) is 3.15. The number of halogens is 1. The van der Waals surface area contributed by atoms with Crippen LogP contribution in [0.4, 0.5) is 5.69 Å². The highest BCUT2D eigenvalue weighted by molar-refractivity contribution is 7.80. The fraction of sp³-hybridized carbons (Fsp3) is 0.292. The maximum Gasteiger partial charge on any atom is 0.270 e. The van der Waals surface area contributed by atoms with Crippen molar-refractivity contribution in [2.24, 2.45) is 0 Å². The van der Waals surface area contributed by atoms with E-state index in [2.05, 4.69) is 5.32 Å². The topological polar surface area (TPSA) is 67.9 Å². The maximum atomic E-state index is 13.3. The lowest BCUT2D eigenvalue weighted by atomic mass is 10.0. The molecule has 0 bridgehead atoms. The van der Waals surface area contributed by atoms with E-state index in [1.165, 1.54) is 18.1 Å². The summed E-state index contributed by atoms with van der Waals surface area (Å²) in [5, 5.41) is 2.95. The summed E-state index contributed by atoms with van der Waals surface area (Å²) in [4.78, 5) is 27.2. The first kappa shape index (κ1) is 23.8. The zero-order chi connectivity index (χ0) is 23.6. The highest BCUT2D eigenvalue weighted by Gasteiger charge is 2.34. The predicted octanol–water partition coefficient (Wildman–Crippen LogP) is 4.97. The molecular formula is C24H25ClN2O4S. The van der Waals surface area contributed by atoms with Crippen LogP contribution in [-0.2, 0) is 9.59 Å². The van der Waals surface area contributed by atoms with Crippen molar-refractivity contribution in [1.29, 1.82) is 0 Å². The molecule has 2 amide bonds. The van der Waals surface area contributed by atoms with Crippen molar-refractivity contribution in [2.45, 2.75) is 40.2 Å². The Morgan fingerprint density at radius 3 is 2.53 bits per heavy atom. The van der Waals surface area contributed by atoms with Crippen LogP contribution in [0, 0.1) is 13.8 Å². The molecule has 32 heavy (non-hydrogen) atoms. The summed E-state index contributed by atoms with van der Waals surface area (Å²) in [7, 11) is 1.50. The smallest absolute Gasteiger partial charge is 0.270 e. The number of methoxy groups -OCH3 is 1. The second-order valence-corrected chi connectivity index (χ2v) is 8.39. The van der Waals surface area contributed by atoms with Crippen LogP contribution < -0.4 is 19.7 Å². The predicted molar refractivity (Wildman–Crippen MR) is 131 cm³/mol. The van der Waals surface area contributed by atoms with Crippen molar-refractivity contribution in [1.82, 2.24) is 5.32 Å². The van der Waals surface area contributed by atoms with Crippen molar-refractivity contribution >= 4 is 52.5 Å². The van der Waals surface area contributed by atoms with Gasteiger partial charge in [0.15, 0.2) is 16.6 Å². The molecule has 168 valence electrons. The lowest BCUT2D eigenvalue weighted by molar-refractivity contribution is -0.122. The Hall–Kier alpha value is -2.90. The minimum atomic E-state index is -0.574. The van der Waals surface area contributed by atoms with Crippen molar-refractivity contribution in [2.75, 3.05) is 12.0 Å². The van der Waals surface area contributed by atoms with Gasteiger partial charge in [-0.15, -0.1) is 0 Å². The molecule has 2 aromatic rings. The molecule has 0 spiro atoms. The van der Waals surface area contributed by atoms with E-state index in [9.17, 15) is 9.59 Å². The van der Waals surface area contributed by atoms with Crippen molar-refractivity contribution in [3.63, 3.8) is 0 Å². The number of nitrogens with one attached hydrogen (secondary N) is 1. The Balaban J connectivity index is 2.02. The van der Waals surface area contributed by atoms with Crippen molar-refractivity contribution in [3.05, 3.63) is 57.6 Å². The zero-order valence-corrected chi connectivity index (χ0v) is 20.2. The molecule has 2 aromatic carbocycles. The van der Waals surface area contributed by atoms with E-state index in [1.54, 1.807) is 18.2 Å². The number of aryl methyl sites for hydroxylation is 2. The van der Waals surface area contributed by atoms with Crippen LogP contribution in [0.2, 0.25) is 5.02 Å². The maximum absolute atomic E-state index is 13.3. The molecule has 3 rings (SSSR count). The van der Waals surface area contributed by atoms with Crippen LogP contribution in [0.15, 0.2) is 35.9 Å². The van der Waals surface area contributed by atoms with Gasteiger partial charge in [-0.1, -0.05) is 24.6 Å². The lowest BCUT2D eigenvalue weighted by Gasteiger charge is -2.29. The third-order valence-corrected chi connectivity index (χ3v) is 5.87. The Morgan fingerprint density at radius 1 is 1.19 bits per heavy atom. The van der Waals surface area contributed by atoms with Crippen molar-refractivity contribution < 1.29 is 19.1 Å². The largest absolute Gasteiger partial charge is 0.493 e. The number of anilines is 1. The van der Waals surface area contributed by atoms with E-state index in [4.69, 9.17) is 33.3 Å². The van der Waals surface area contributed by atoms with Crippen LogP contribution in [-0.4, -0.2) is 30.1 Å². The molecule has 8 heteroatoms. The molecule has 6 nitrogen and oxygen atoms in total. The first-order chi connectivity index (χ1) is 15.2. The van der Waals surface area contributed by atoms with Gasteiger partial charge in [-0.05, 0) is 86.4 Å². The molecule has 1 atom stereocenters. The number of carbonyl (C=O) groups excluding carboxylic acids is 2. The molecular weight excluding hydrogens is 448 g/mol. The molecule has 1 aliphatic heterocycles. The second kappa shape index (κ2) is 9.71. The summed E-state index contributed by atoms with van der Waals surface area (Å²) in [5.41, 5.74) is 3.14. The SMILES string of the molecule is CC[C@H](C)Oc1c(Cl)cc(/C=C2\C(=O)NC(=S)N(c3ccc(C)c(C)c3)C2=O)cc1OC. The van der Waals surface area contributed by atoms with Gasteiger partial charge < -0.3 is 9.47 Å². The molecule has 1 aliphatic rings. The number of ether oxygens (including phenoxy) is 2. The van der Waals surface area contributed by atoms with Crippen LogP contribution in [0.3, 0.4) is 0 Å². The molecule has 1 N–H and O–H groups in total. The van der Waals surface area contributed by atoms with E-state index < -0.39 is 11.8 Å². The number of amides is 2. The number of thiocarbonyl (C=S) groups is 1. The summed E-state index contributed by atoms with van der Waals surface area (Å²) >= 11 is 11.7. The number of benzene rings is 2. The Bertz CT molecular complexity index is 1130. The number of rotatable bonds is 6. The van der Waals surface area contributed by atoms with Gasteiger partial charge >= 0.3 is 0 Å². The quantitative estimate of drug-likeness (QED) is 0.365. The minimum Gasteiger partial charge on any atom is -0.493 e. The average molecular weight is 473 g/mol. The van der Waals surface area contributed by atoms with E-state index in [0.29, 0.717) is 27.8 Å². The second-order valence-electron chi connectivity index (χ2n) is 7.60. The first-order valence-electron chi connectivity index (χ1n) is 10.2. The highest BCUT2D eigenvalue weighted by Crippen LogP contribution is 2.38. The minimum absolute atomic E-state index is 0.0355. The first-order valence-corrected chi connectivity index (χ1v) is 11.0. The number of hydrogen-bond acceptors (Lipinski definition) is 5. The number of carbonyl (C=O) groups is 2. The number of nitrogens with zero attached hydrogens (tertiary/aromatic N) is 1. The van der Waals surface area contributed by atoms with Gasteiger partial charge in [-0.2, -0.15) is 0 Å². The van der Waals surface area contributed by atoms with Gasteiger partial charge in [0.1, 0.15) is 5.57 Å². The summed E-state index contributed by atoms with van der Waals surface area (Å²) < 4.78 is 11.3. The molecule has 0 unspecified atom stereocenters. The van der Waals surface area contributed by atoms with E-state index in [0.717, 1.165) is 17.5 Å². The molecule has 0 radical (unpaired) electrons. The summed E-state index contributed by atoms with van der Waals surface area (Å²) in [6.45, 7) is 7.86. The molecule has 0 aromatic heterocycles. The standard InChI is InChI=1S/C24H25ClN2O4S/c1-6-15(4)31-21-19(25)11-16(12-20(21)30-5)10-18-22(28)26-24(32)27(23(18)29)17-8-7-13(2)14(3)9-17/h7-12,15H,6H2,1-5H3,(H,26,28,32)/b18-10+/t15-/m0/s1. The van der Waals surface area contributed by atoms with Gasteiger partial charge in [0.25, 0.3) is 11.8 Å². The highest BCUT2D eigenvalue weighted by atomic mass is 35.5. The average Bonchev–Trinajstić information content (AvgIpc) is 2.74. The summed E-state index contributed by atoms with van der Waals surface area (Å²) in [6.07, 6.45) is 2.21. The van der Waals surface area contributed by atoms with Crippen molar-refractivity contribution in [3.8, 4) is 11.5 Å². The monoisotopic (exact) mass is 472 g/mol. The Kier molecular flexibility index (Phi) is 7.21. The third-order valence-electron chi connectivity index (χ3n) is 5.31. The zero-order valence-electron chi connectivity index (χ0n) is 18.6.